The molecule has 4 nitrogen and oxygen atoms in total. The van der Waals surface area contributed by atoms with E-state index in [1.165, 1.54) is 0 Å². The molecule has 0 bridgehead atoms. The van der Waals surface area contributed by atoms with Gasteiger partial charge in [0, 0.05) is 6.04 Å². The lowest BCUT2D eigenvalue weighted by atomic mass is 9.93. The van der Waals surface area contributed by atoms with Gasteiger partial charge in [-0.2, -0.15) is 0 Å². The van der Waals surface area contributed by atoms with E-state index in [0.717, 1.165) is 31.0 Å². The van der Waals surface area contributed by atoms with Gasteiger partial charge in [0.05, 0.1) is 6.10 Å². The van der Waals surface area contributed by atoms with E-state index in [-0.39, 0.29) is 0 Å². The number of benzene rings is 1. The predicted octanol–water partition coefficient (Wildman–Crippen LogP) is 1.55. The molecule has 1 aliphatic carbocycles. The van der Waals surface area contributed by atoms with Crippen molar-refractivity contribution in [3.63, 3.8) is 0 Å². The third-order valence-corrected chi connectivity index (χ3v) is 4.76. The average Bonchev–Trinajstić information content (AvgIpc) is 2.31. The van der Waals surface area contributed by atoms with Crippen LogP contribution in [0.1, 0.15) is 25.7 Å². The maximum atomic E-state index is 13.5. The molecule has 2 N–H and O–H groups in total. The predicted molar refractivity (Wildman–Crippen MR) is 64.9 cm³/mol. The first kappa shape index (κ1) is 14.4. The van der Waals surface area contributed by atoms with Crippen LogP contribution in [0, 0.1) is 11.6 Å². The summed E-state index contributed by atoms with van der Waals surface area (Å²) in [4.78, 5) is -0.993. The number of hydrogen-bond acceptors (Lipinski definition) is 3. The molecule has 1 aromatic carbocycles. The van der Waals surface area contributed by atoms with Crippen molar-refractivity contribution >= 4 is 10.0 Å². The van der Waals surface area contributed by atoms with Crippen molar-refractivity contribution in [2.24, 2.45) is 0 Å². The number of nitrogens with one attached hydrogen (secondary N) is 1. The van der Waals surface area contributed by atoms with Crippen molar-refractivity contribution in [3.05, 3.63) is 29.8 Å². The highest BCUT2D eigenvalue weighted by Crippen LogP contribution is 2.23. The maximum Gasteiger partial charge on any atom is 0.246 e. The summed E-state index contributed by atoms with van der Waals surface area (Å²) < 4.78 is 53.1. The molecule has 0 amide bonds. The van der Waals surface area contributed by atoms with Crippen LogP contribution < -0.4 is 4.72 Å². The Morgan fingerprint density at radius 1 is 1.16 bits per heavy atom. The van der Waals surface area contributed by atoms with Gasteiger partial charge in [0.1, 0.15) is 11.6 Å². The van der Waals surface area contributed by atoms with E-state index < -0.39 is 38.7 Å². The lowest BCUT2D eigenvalue weighted by Gasteiger charge is -2.28. The van der Waals surface area contributed by atoms with Gasteiger partial charge in [-0.3, -0.25) is 0 Å². The molecule has 2 rings (SSSR count). The number of aliphatic hydroxyl groups excluding tert-OH is 1. The molecule has 0 radical (unpaired) electrons. The number of rotatable bonds is 3. The summed E-state index contributed by atoms with van der Waals surface area (Å²) in [5.74, 6) is -2.28. The van der Waals surface area contributed by atoms with E-state index in [1.54, 1.807) is 0 Å². The summed E-state index contributed by atoms with van der Waals surface area (Å²) in [6.45, 7) is 0. The fourth-order valence-electron chi connectivity index (χ4n) is 2.25. The standard InChI is InChI=1S/C12H15F2NO3S/c13-8-4-3-5-9(14)12(8)19(17,18)15-10-6-1-2-7-11(10)16/h3-5,10-11,15-16H,1-2,6-7H2/t10-,11-/m0/s1. The van der Waals surface area contributed by atoms with Crippen molar-refractivity contribution in [2.45, 2.75) is 42.7 Å². The summed E-state index contributed by atoms with van der Waals surface area (Å²) in [7, 11) is -4.31. The molecule has 0 aliphatic heterocycles. The zero-order valence-corrected chi connectivity index (χ0v) is 11.0. The maximum absolute atomic E-state index is 13.5. The zero-order chi connectivity index (χ0) is 14.0. The molecule has 2 atom stereocenters. The first-order valence-corrected chi connectivity index (χ1v) is 7.54. The molecular formula is C12H15F2NO3S. The normalized spacial score (nSPS) is 24.4. The summed E-state index contributed by atoms with van der Waals surface area (Å²) >= 11 is 0. The third-order valence-electron chi connectivity index (χ3n) is 3.22. The smallest absolute Gasteiger partial charge is 0.246 e. The fraction of sp³-hybridized carbons (Fsp3) is 0.500. The second-order valence-corrected chi connectivity index (χ2v) is 6.28. The van der Waals surface area contributed by atoms with Gasteiger partial charge >= 0.3 is 0 Å². The highest BCUT2D eigenvalue weighted by atomic mass is 32.2. The fourth-order valence-corrected chi connectivity index (χ4v) is 3.69. The van der Waals surface area contributed by atoms with Gasteiger partial charge in [0.15, 0.2) is 4.90 Å². The van der Waals surface area contributed by atoms with Gasteiger partial charge < -0.3 is 5.11 Å². The Morgan fingerprint density at radius 3 is 2.32 bits per heavy atom. The van der Waals surface area contributed by atoms with Crippen LogP contribution in [0.2, 0.25) is 0 Å². The minimum atomic E-state index is -4.31. The average molecular weight is 291 g/mol. The van der Waals surface area contributed by atoms with Gasteiger partial charge in [0.25, 0.3) is 0 Å². The topological polar surface area (TPSA) is 66.4 Å². The van der Waals surface area contributed by atoms with E-state index in [4.69, 9.17) is 0 Å². The van der Waals surface area contributed by atoms with E-state index >= 15 is 0 Å². The molecule has 0 spiro atoms. The molecule has 7 heteroatoms. The van der Waals surface area contributed by atoms with Crippen molar-refractivity contribution in [1.29, 1.82) is 0 Å². The lowest BCUT2D eigenvalue weighted by molar-refractivity contribution is 0.101. The van der Waals surface area contributed by atoms with E-state index in [0.29, 0.717) is 12.8 Å². The van der Waals surface area contributed by atoms with Crippen LogP contribution in [0.15, 0.2) is 23.1 Å². The number of sulfonamides is 1. The lowest BCUT2D eigenvalue weighted by Crippen LogP contribution is -2.45. The van der Waals surface area contributed by atoms with Crippen LogP contribution in [0.25, 0.3) is 0 Å². The third kappa shape index (κ3) is 3.10. The van der Waals surface area contributed by atoms with E-state index in [2.05, 4.69) is 4.72 Å². The number of hydrogen-bond donors (Lipinski definition) is 2. The van der Waals surface area contributed by atoms with Crippen molar-refractivity contribution in [2.75, 3.05) is 0 Å². The Kier molecular flexibility index (Phi) is 4.17. The molecule has 1 aliphatic rings. The number of halogens is 2. The minimum Gasteiger partial charge on any atom is -0.391 e. The Bertz CT molecular complexity index is 542. The van der Waals surface area contributed by atoms with Crippen LogP contribution in [0.3, 0.4) is 0 Å². The summed E-state index contributed by atoms with van der Waals surface area (Å²) in [6, 6.07) is 2.17. The van der Waals surface area contributed by atoms with Gasteiger partial charge in [-0.15, -0.1) is 0 Å². The van der Waals surface area contributed by atoms with Crippen LogP contribution in [-0.2, 0) is 10.0 Å². The molecule has 1 fully saturated rings. The molecule has 0 aromatic heterocycles. The van der Waals surface area contributed by atoms with Crippen LogP contribution >= 0.6 is 0 Å². The van der Waals surface area contributed by atoms with Crippen molar-refractivity contribution < 1.29 is 22.3 Å². The van der Waals surface area contributed by atoms with Crippen LogP contribution in [0.5, 0.6) is 0 Å². The first-order valence-electron chi connectivity index (χ1n) is 6.06. The first-order chi connectivity index (χ1) is 8.92. The monoisotopic (exact) mass is 291 g/mol. The molecule has 1 aromatic rings. The molecule has 0 unspecified atom stereocenters. The Morgan fingerprint density at radius 2 is 1.74 bits per heavy atom. The Labute approximate surface area is 110 Å². The van der Waals surface area contributed by atoms with Gasteiger partial charge in [-0.1, -0.05) is 18.9 Å². The number of aliphatic hydroxyl groups is 1. The zero-order valence-electron chi connectivity index (χ0n) is 10.1. The molecule has 19 heavy (non-hydrogen) atoms. The second kappa shape index (κ2) is 5.52. The highest BCUT2D eigenvalue weighted by Gasteiger charge is 2.31. The molecule has 1 saturated carbocycles. The van der Waals surface area contributed by atoms with Crippen molar-refractivity contribution in [3.8, 4) is 0 Å². The largest absolute Gasteiger partial charge is 0.391 e. The molecule has 0 saturated heterocycles. The second-order valence-electron chi connectivity index (χ2n) is 4.63. The van der Waals surface area contributed by atoms with Crippen LogP contribution in [-0.4, -0.2) is 25.7 Å². The highest BCUT2D eigenvalue weighted by molar-refractivity contribution is 7.89. The Hall–Kier alpha value is -1.05. The molecule has 0 heterocycles. The van der Waals surface area contributed by atoms with Gasteiger partial charge in [-0.05, 0) is 25.0 Å². The molecule has 106 valence electrons. The summed E-state index contributed by atoms with van der Waals surface area (Å²) in [6.07, 6.45) is 1.69. The quantitative estimate of drug-likeness (QED) is 0.888. The molecular weight excluding hydrogens is 276 g/mol. The van der Waals surface area contributed by atoms with Gasteiger partial charge in [-0.25, -0.2) is 21.9 Å². The van der Waals surface area contributed by atoms with E-state index in [1.807, 2.05) is 0 Å². The minimum absolute atomic E-state index is 0.455. The van der Waals surface area contributed by atoms with Crippen LogP contribution in [0.4, 0.5) is 8.78 Å². The summed E-state index contributed by atoms with van der Waals surface area (Å²) in [5.41, 5.74) is 0. The van der Waals surface area contributed by atoms with Crippen molar-refractivity contribution in [1.82, 2.24) is 4.72 Å². The SMILES string of the molecule is O=S(=O)(N[C@H]1CCCC[C@@H]1O)c1c(F)cccc1F. The van der Waals surface area contributed by atoms with Gasteiger partial charge in [0.2, 0.25) is 10.0 Å². The Balaban J connectivity index is 2.27. The summed E-state index contributed by atoms with van der Waals surface area (Å²) in [5, 5.41) is 9.70. The van der Waals surface area contributed by atoms with E-state index in [9.17, 15) is 22.3 Å².